The summed E-state index contributed by atoms with van der Waals surface area (Å²) in [6, 6.07) is 16.8. The number of esters is 1. The summed E-state index contributed by atoms with van der Waals surface area (Å²) in [5, 5.41) is 19.6. The number of carbonyl (C=O) groups is 2. The van der Waals surface area contributed by atoms with Crippen LogP contribution in [0.15, 0.2) is 71.5 Å². The van der Waals surface area contributed by atoms with E-state index in [-0.39, 0.29) is 24.6 Å². The molecule has 3 rings (SSSR count). The molecule has 1 aliphatic heterocycles. The minimum atomic E-state index is -0.635. The second-order valence-corrected chi connectivity index (χ2v) is 6.77. The first kappa shape index (κ1) is 21.8. The molecule has 7 heteroatoms. The molecular weight excluding hydrogens is 394 g/mol. The highest BCUT2D eigenvalue weighted by Crippen LogP contribution is 2.37. The molecule has 0 spiro atoms. The van der Waals surface area contributed by atoms with Gasteiger partial charge in [-0.05, 0) is 26.3 Å². The largest absolute Gasteiger partial charge is 0.505 e. The molecule has 0 unspecified atom stereocenters. The average Bonchev–Trinajstić information content (AvgIpc) is 2.79. The van der Waals surface area contributed by atoms with Gasteiger partial charge in [-0.1, -0.05) is 60.7 Å². The number of carbonyl (C=O) groups excluding carboxylic acids is 2. The Hall–Kier alpha value is -3.87. The molecule has 2 aromatic carbocycles. The fourth-order valence-electron chi connectivity index (χ4n) is 3.30. The Balaban J connectivity index is 2.08. The Labute approximate surface area is 181 Å². The van der Waals surface area contributed by atoms with E-state index in [4.69, 9.17) is 4.74 Å². The molecule has 1 aliphatic rings. The lowest BCUT2D eigenvalue weighted by Crippen LogP contribution is -2.38. The third kappa shape index (κ3) is 4.66. The maximum absolute atomic E-state index is 13.0. The Morgan fingerprint density at radius 2 is 1.74 bits per heavy atom. The van der Waals surface area contributed by atoms with Crippen LogP contribution in [0, 0.1) is 0 Å². The van der Waals surface area contributed by atoms with Gasteiger partial charge in [0.25, 0.3) is 5.91 Å². The third-order valence-corrected chi connectivity index (χ3v) is 4.75. The zero-order chi connectivity index (χ0) is 22.4. The van der Waals surface area contributed by atoms with E-state index < -0.39 is 11.9 Å². The maximum Gasteiger partial charge on any atom is 0.325 e. The lowest BCUT2D eigenvalue weighted by molar-refractivity contribution is -0.143. The smallest absolute Gasteiger partial charge is 0.325 e. The van der Waals surface area contributed by atoms with Crippen molar-refractivity contribution in [2.45, 2.75) is 20.8 Å². The summed E-state index contributed by atoms with van der Waals surface area (Å²) in [5.41, 5.74) is 3.37. The number of aliphatic hydroxyl groups is 1. The van der Waals surface area contributed by atoms with Gasteiger partial charge in [0, 0.05) is 11.1 Å². The highest BCUT2D eigenvalue weighted by molar-refractivity contribution is 6.05. The normalized spacial score (nSPS) is 15.0. The molecule has 0 fully saturated rings. The first-order valence-electron chi connectivity index (χ1n) is 10.0. The summed E-state index contributed by atoms with van der Waals surface area (Å²) in [7, 11) is 0. The minimum absolute atomic E-state index is 0.0635. The summed E-state index contributed by atoms with van der Waals surface area (Å²) in [6.07, 6.45) is 1.83. The molecule has 0 radical (unpaired) electrons. The molecule has 1 amide bonds. The quantitative estimate of drug-likeness (QED) is 0.550. The number of nitrogens with one attached hydrogen (secondary N) is 1. The van der Waals surface area contributed by atoms with Gasteiger partial charge in [0.2, 0.25) is 0 Å². The molecule has 0 saturated carbocycles. The molecule has 0 saturated heterocycles. The molecule has 0 atom stereocenters. The third-order valence-electron chi connectivity index (χ3n) is 4.75. The van der Waals surface area contributed by atoms with Crippen LogP contribution in [-0.4, -0.2) is 40.9 Å². The summed E-state index contributed by atoms with van der Waals surface area (Å²) >= 11 is 0. The van der Waals surface area contributed by atoms with E-state index in [9.17, 15) is 14.7 Å². The van der Waals surface area contributed by atoms with Crippen LogP contribution in [-0.2, 0) is 14.3 Å². The summed E-state index contributed by atoms with van der Waals surface area (Å²) < 4.78 is 4.87. The summed E-state index contributed by atoms with van der Waals surface area (Å²) in [4.78, 5) is 24.7. The maximum atomic E-state index is 13.0. The van der Waals surface area contributed by atoms with Crippen molar-refractivity contribution in [3.05, 3.63) is 83.1 Å². The second kappa shape index (κ2) is 9.75. The molecule has 1 heterocycles. The van der Waals surface area contributed by atoms with Gasteiger partial charge in [-0.15, -0.1) is 0 Å². The van der Waals surface area contributed by atoms with E-state index in [1.54, 1.807) is 19.1 Å². The van der Waals surface area contributed by atoms with E-state index in [0.29, 0.717) is 17.0 Å². The van der Waals surface area contributed by atoms with Crippen LogP contribution >= 0.6 is 0 Å². The standard InChI is InChI=1S/C24H25N3O4/c1-4-20-18-13-9-10-14-19(18)23(29)22(24(30)25-15-21(28)31-5-2)27(20)26-16(3)17-11-7-6-8-12-17/h4,6-14,29H,5,15H2,1-3H3,(H,25,30)/b20-4?,26-16+. The van der Waals surface area contributed by atoms with Crippen LogP contribution in [0.5, 0.6) is 0 Å². The zero-order valence-electron chi connectivity index (χ0n) is 17.8. The van der Waals surface area contributed by atoms with Crippen molar-refractivity contribution in [2.24, 2.45) is 5.10 Å². The Kier molecular flexibility index (Phi) is 6.87. The number of hydrazone groups is 1. The number of hydrogen-bond donors (Lipinski definition) is 2. The van der Waals surface area contributed by atoms with Crippen LogP contribution in [0.4, 0.5) is 0 Å². The zero-order valence-corrected chi connectivity index (χ0v) is 17.8. The average molecular weight is 419 g/mol. The van der Waals surface area contributed by atoms with Crippen LogP contribution in [0.1, 0.15) is 37.5 Å². The molecule has 2 N–H and O–H groups in total. The van der Waals surface area contributed by atoms with Crippen molar-refractivity contribution >= 4 is 29.0 Å². The minimum Gasteiger partial charge on any atom is -0.505 e. The number of aliphatic hydroxyl groups excluding tert-OH is 1. The van der Waals surface area contributed by atoms with Gasteiger partial charge in [0.05, 0.1) is 18.0 Å². The Bertz CT molecular complexity index is 1070. The van der Waals surface area contributed by atoms with E-state index in [2.05, 4.69) is 10.4 Å². The summed E-state index contributed by atoms with van der Waals surface area (Å²) in [5.74, 6) is -1.41. The fraction of sp³-hybridized carbons (Fsp3) is 0.208. The number of rotatable bonds is 6. The van der Waals surface area contributed by atoms with Gasteiger partial charge in [-0.3, -0.25) is 9.59 Å². The van der Waals surface area contributed by atoms with Crippen LogP contribution in [0.25, 0.3) is 11.5 Å². The first-order chi connectivity index (χ1) is 15.0. The molecular formula is C24H25N3O4. The summed E-state index contributed by atoms with van der Waals surface area (Å²) in [6.45, 7) is 5.25. The molecule has 31 heavy (non-hydrogen) atoms. The van der Waals surface area contributed by atoms with Gasteiger partial charge in [0.15, 0.2) is 11.5 Å². The SMILES string of the molecule is CC=C1c2ccccc2C(O)=C(C(=O)NCC(=O)OCC)N1/N=C(\C)c1ccccc1. The van der Waals surface area contributed by atoms with Crippen molar-refractivity contribution in [2.75, 3.05) is 13.2 Å². The number of fused-ring (bicyclic) bond motifs is 1. The number of nitrogens with zero attached hydrogens (tertiary/aromatic N) is 2. The number of ether oxygens (including phenoxy) is 1. The van der Waals surface area contributed by atoms with Gasteiger partial charge in [-0.25, -0.2) is 5.01 Å². The Morgan fingerprint density at radius 3 is 2.39 bits per heavy atom. The van der Waals surface area contributed by atoms with Gasteiger partial charge in [0.1, 0.15) is 6.54 Å². The van der Waals surface area contributed by atoms with Crippen LogP contribution in [0.3, 0.4) is 0 Å². The lowest BCUT2D eigenvalue weighted by atomic mass is 9.96. The molecule has 0 aliphatic carbocycles. The lowest BCUT2D eigenvalue weighted by Gasteiger charge is -2.31. The predicted octanol–water partition coefficient (Wildman–Crippen LogP) is 3.69. The fourth-order valence-corrected chi connectivity index (χ4v) is 3.30. The first-order valence-corrected chi connectivity index (χ1v) is 10.0. The van der Waals surface area contributed by atoms with Gasteiger partial charge >= 0.3 is 5.97 Å². The van der Waals surface area contributed by atoms with E-state index >= 15 is 0 Å². The molecule has 0 aromatic heterocycles. The number of amides is 1. The monoisotopic (exact) mass is 419 g/mol. The molecule has 2 aromatic rings. The van der Waals surface area contributed by atoms with Gasteiger partial charge < -0.3 is 15.2 Å². The van der Waals surface area contributed by atoms with Crippen molar-refractivity contribution in [3.63, 3.8) is 0 Å². The number of benzene rings is 2. The predicted molar refractivity (Wildman–Crippen MR) is 120 cm³/mol. The van der Waals surface area contributed by atoms with Crippen molar-refractivity contribution < 1.29 is 19.4 Å². The second-order valence-electron chi connectivity index (χ2n) is 6.77. The van der Waals surface area contributed by atoms with Crippen molar-refractivity contribution in [3.8, 4) is 0 Å². The van der Waals surface area contributed by atoms with Gasteiger partial charge in [-0.2, -0.15) is 5.10 Å². The van der Waals surface area contributed by atoms with Crippen molar-refractivity contribution in [1.82, 2.24) is 10.3 Å². The number of allylic oxidation sites excluding steroid dienone is 1. The highest BCUT2D eigenvalue weighted by Gasteiger charge is 2.33. The molecule has 7 nitrogen and oxygen atoms in total. The Morgan fingerprint density at radius 1 is 1.10 bits per heavy atom. The highest BCUT2D eigenvalue weighted by atomic mass is 16.5. The topological polar surface area (TPSA) is 91.2 Å². The van der Waals surface area contributed by atoms with Crippen molar-refractivity contribution in [1.29, 1.82) is 0 Å². The van der Waals surface area contributed by atoms with E-state index in [1.165, 1.54) is 5.01 Å². The molecule has 160 valence electrons. The van der Waals surface area contributed by atoms with Crippen LogP contribution < -0.4 is 5.32 Å². The van der Waals surface area contributed by atoms with Crippen LogP contribution in [0.2, 0.25) is 0 Å². The molecule has 0 bridgehead atoms. The van der Waals surface area contributed by atoms with E-state index in [0.717, 1.165) is 11.1 Å². The van der Waals surface area contributed by atoms with E-state index in [1.807, 2.05) is 62.4 Å². The number of hydrogen-bond acceptors (Lipinski definition) is 6.